The quantitative estimate of drug-likeness (QED) is 0.676. The molecule has 2 aromatic heterocycles. The Kier molecular flexibility index (Phi) is 4.10. The number of furan rings is 1. The number of likely N-dealkylation sites (tertiary alicyclic amines) is 1. The molecule has 0 bridgehead atoms. The van der Waals surface area contributed by atoms with Crippen molar-refractivity contribution in [1.82, 2.24) is 15.1 Å². The zero-order valence-corrected chi connectivity index (χ0v) is 13.9. The van der Waals surface area contributed by atoms with Crippen molar-refractivity contribution in [1.29, 1.82) is 0 Å². The fraction of sp³-hybridized carbons (Fsp3) is 0.412. The van der Waals surface area contributed by atoms with Gasteiger partial charge in [0.05, 0.1) is 0 Å². The molecule has 1 saturated heterocycles. The molecule has 1 unspecified atom stereocenters. The molecule has 6 heteroatoms. The van der Waals surface area contributed by atoms with Crippen LogP contribution in [0.3, 0.4) is 0 Å². The highest BCUT2D eigenvalue weighted by atomic mass is 32.2. The van der Waals surface area contributed by atoms with E-state index in [0.29, 0.717) is 22.8 Å². The van der Waals surface area contributed by atoms with Gasteiger partial charge in [0.1, 0.15) is 5.58 Å². The van der Waals surface area contributed by atoms with Gasteiger partial charge in [0.15, 0.2) is 5.76 Å². The van der Waals surface area contributed by atoms with Crippen molar-refractivity contribution >= 4 is 22.7 Å². The lowest BCUT2D eigenvalue weighted by Crippen LogP contribution is -2.33. The van der Waals surface area contributed by atoms with Gasteiger partial charge in [-0.1, -0.05) is 30.0 Å². The summed E-state index contributed by atoms with van der Waals surface area (Å²) in [5, 5.41) is 9.92. The van der Waals surface area contributed by atoms with E-state index in [1.807, 2.05) is 30.3 Å². The molecule has 120 valence electrons. The van der Waals surface area contributed by atoms with E-state index in [2.05, 4.69) is 22.1 Å². The average Bonchev–Trinajstić information content (AvgIpc) is 3.19. The predicted octanol–water partition coefficient (Wildman–Crippen LogP) is 3.92. The molecule has 0 N–H and O–H groups in total. The number of benzene rings is 1. The van der Waals surface area contributed by atoms with Gasteiger partial charge in [0.2, 0.25) is 0 Å². The summed E-state index contributed by atoms with van der Waals surface area (Å²) in [5.74, 6) is 2.79. The molecule has 0 saturated carbocycles. The van der Waals surface area contributed by atoms with E-state index in [-0.39, 0.29) is 0 Å². The van der Waals surface area contributed by atoms with Crippen molar-refractivity contribution in [2.75, 3.05) is 25.9 Å². The summed E-state index contributed by atoms with van der Waals surface area (Å²) in [7, 11) is 2.18. The van der Waals surface area contributed by atoms with E-state index in [1.54, 1.807) is 11.8 Å². The monoisotopic (exact) mass is 329 g/mol. The molecule has 1 fully saturated rings. The van der Waals surface area contributed by atoms with Crippen molar-refractivity contribution in [2.45, 2.75) is 18.1 Å². The van der Waals surface area contributed by atoms with Crippen LogP contribution in [0, 0.1) is 5.92 Å². The van der Waals surface area contributed by atoms with E-state index >= 15 is 0 Å². The molecule has 0 spiro atoms. The number of aromatic nitrogens is 2. The third kappa shape index (κ3) is 3.28. The van der Waals surface area contributed by atoms with Crippen LogP contribution < -0.4 is 0 Å². The lowest BCUT2D eigenvalue weighted by atomic mass is 10.0. The standard InChI is InChI=1S/C17H19N3O2S/c1-20-8-4-5-12(10-20)11-23-17-19-18-16(22-17)15-9-13-6-2-3-7-14(13)21-15/h2-3,6-7,9,12H,4-5,8,10-11H2,1H3. The van der Waals surface area contributed by atoms with E-state index < -0.39 is 0 Å². The van der Waals surface area contributed by atoms with Crippen molar-refractivity contribution in [2.24, 2.45) is 5.92 Å². The molecular weight excluding hydrogens is 310 g/mol. The van der Waals surface area contributed by atoms with Gasteiger partial charge >= 0.3 is 0 Å². The third-order valence-electron chi connectivity index (χ3n) is 4.21. The number of nitrogens with zero attached hydrogens (tertiary/aromatic N) is 3. The second-order valence-electron chi connectivity index (χ2n) is 6.10. The van der Waals surface area contributed by atoms with Crippen LogP contribution in [0.4, 0.5) is 0 Å². The van der Waals surface area contributed by atoms with Crippen LogP contribution in [0.2, 0.25) is 0 Å². The molecule has 0 amide bonds. The fourth-order valence-corrected chi connectivity index (χ4v) is 3.94. The zero-order valence-electron chi connectivity index (χ0n) is 13.1. The van der Waals surface area contributed by atoms with Gasteiger partial charge < -0.3 is 13.7 Å². The maximum atomic E-state index is 5.76. The first kappa shape index (κ1) is 14.8. The van der Waals surface area contributed by atoms with Gasteiger partial charge in [0.25, 0.3) is 11.1 Å². The van der Waals surface area contributed by atoms with Crippen LogP contribution in [0.5, 0.6) is 0 Å². The molecule has 0 aliphatic carbocycles. The summed E-state index contributed by atoms with van der Waals surface area (Å²) in [6.07, 6.45) is 2.55. The van der Waals surface area contributed by atoms with Crippen LogP contribution in [0.15, 0.2) is 44.4 Å². The highest BCUT2D eigenvalue weighted by Crippen LogP contribution is 2.30. The second-order valence-corrected chi connectivity index (χ2v) is 7.07. The van der Waals surface area contributed by atoms with E-state index in [1.165, 1.54) is 19.4 Å². The summed E-state index contributed by atoms with van der Waals surface area (Å²) in [4.78, 5) is 2.39. The van der Waals surface area contributed by atoms with E-state index in [4.69, 9.17) is 8.83 Å². The molecule has 3 aromatic rings. The van der Waals surface area contributed by atoms with Gasteiger partial charge in [-0.3, -0.25) is 0 Å². The first-order valence-electron chi connectivity index (χ1n) is 7.92. The summed E-state index contributed by atoms with van der Waals surface area (Å²) in [6, 6.07) is 9.82. The third-order valence-corrected chi connectivity index (χ3v) is 5.26. The Bertz CT molecular complexity index is 765. The van der Waals surface area contributed by atoms with Crippen LogP contribution in [0.25, 0.3) is 22.6 Å². The summed E-state index contributed by atoms with van der Waals surface area (Å²) in [6.45, 7) is 2.36. The Balaban J connectivity index is 1.44. The predicted molar refractivity (Wildman–Crippen MR) is 90.5 cm³/mol. The molecule has 3 heterocycles. The average molecular weight is 329 g/mol. The molecule has 1 atom stereocenters. The number of piperidine rings is 1. The highest BCUT2D eigenvalue weighted by molar-refractivity contribution is 7.99. The summed E-state index contributed by atoms with van der Waals surface area (Å²) >= 11 is 1.64. The Hall–Kier alpha value is -1.79. The largest absolute Gasteiger partial charge is 0.451 e. The van der Waals surface area contributed by atoms with Gasteiger partial charge in [-0.15, -0.1) is 10.2 Å². The van der Waals surface area contributed by atoms with Crippen molar-refractivity contribution in [3.63, 3.8) is 0 Å². The molecule has 1 aliphatic heterocycles. The van der Waals surface area contributed by atoms with Gasteiger partial charge in [-0.05, 0) is 44.5 Å². The summed E-state index contributed by atoms with van der Waals surface area (Å²) < 4.78 is 11.5. The molecule has 1 aromatic carbocycles. The van der Waals surface area contributed by atoms with Crippen molar-refractivity contribution in [3.8, 4) is 11.7 Å². The van der Waals surface area contributed by atoms with Crippen LogP contribution in [-0.4, -0.2) is 41.0 Å². The fourth-order valence-electron chi connectivity index (χ4n) is 3.05. The van der Waals surface area contributed by atoms with E-state index in [0.717, 1.165) is 23.3 Å². The van der Waals surface area contributed by atoms with Crippen LogP contribution in [-0.2, 0) is 0 Å². The number of rotatable bonds is 4. The van der Waals surface area contributed by atoms with Crippen LogP contribution >= 0.6 is 11.8 Å². The highest BCUT2D eigenvalue weighted by Gasteiger charge is 2.19. The Morgan fingerprint density at radius 3 is 3.04 bits per heavy atom. The minimum atomic E-state index is 0.449. The smallest absolute Gasteiger partial charge is 0.284 e. The van der Waals surface area contributed by atoms with Crippen LogP contribution in [0.1, 0.15) is 12.8 Å². The second kappa shape index (κ2) is 6.37. The summed E-state index contributed by atoms with van der Waals surface area (Å²) in [5.41, 5.74) is 0.833. The van der Waals surface area contributed by atoms with Crippen molar-refractivity contribution < 1.29 is 8.83 Å². The SMILES string of the molecule is CN1CCCC(CSc2nnc(-c3cc4ccccc4o3)o2)C1. The number of para-hydroxylation sites is 1. The Morgan fingerprint density at radius 1 is 1.26 bits per heavy atom. The Labute approximate surface area is 139 Å². The number of thioether (sulfide) groups is 1. The molecule has 4 rings (SSSR count). The molecule has 1 aliphatic rings. The molecule has 5 nitrogen and oxygen atoms in total. The first-order chi connectivity index (χ1) is 11.3. The molecule has 23 heavy (non-hydrogen) atoms. The lowest BCUT2D eigenvalue weighted by molar-refractivity contribution is 0.224. The first-order valence-corrected chi connectivity index (χ1v) is 8.90. The van der Waals surface area contributed by atoms with Crippen molar-refractivity contribution in [3.05, 3.63) is 30.3 Å². The van der Waals surface area contributed by atoms with Gasteiger partial charge in [0, 0.05) is 17.7 Å². The minimum absolute atomic E-state index is 0.449. The van der Waals surface area contributed by atoms with Gasteiger partial charge in [-0.25, -0.2) is 0 Å². The normalized spacial score (nSPS) is 19.4. The van der Waals surface area contributed by atoms with Gasteiger partial charge in [-0.2, -0.15) is 0 Å². The molecule has 0 radical (unpaired) electrons. The zero-order chi connectivity index (χ0) is 15.6. The van der Waals surface area contributed by atoms with E-state index in [9.17, 15) is 0 Å². The minimum Gasteiger partial charge on any atom is -0.451 e. The maximum Gasteiger partial charge on any atom is 0.284 e. The number of hydrogen-bond acceptors (Lipinski definition) is 6. The topological polar surface area (TPSA) is 55.3 Å². The maximum absolute atomic E-state index is 5.76. The lowest BCUT2D eigenvalue weighted by Gasteiger charge is -2.28. The number of hydrogen-bond donors (Lipinski definition) is 0. The molecular formula is C17H19N3O2S. The number of fused-ring (bicyclic) bond motifs is 1. The Morgan fingerprint density at radius 2 is 2.17 bits per heavy atom.